The predicted octanol–water partition coefficient (Wildman–Crippen LogP) is 7.86. The first-order chi connectivity index (χ1) is 11.9. The molecular formula is C26H40. The van der Waals surface area contributed by atoms with Gasteiger partial charge in [0.15, 0.2) is 0 Å². The first kappa shape index (κ1) is 21.0. The van der Waals surface area contributed by atoms with Crippen molar-refractivity contribution in [1.29, 1.82) is 0 Å². The van der Waals surface area contributed by atoms with E-state index in [4.69, 9.17) is 0 Å². The third-order valence-corrected chi connectivity index (χ3v) is 6.12. The summed E-state index contributed by atoms with van der Waals surface area (Å²) >= 11 is 0. The van der Waals surface area contributed by atoms with Crippen LogP contribution in [0.25, 0.3) is 0 Å². The Bertz CT molecular complexity index is 655. The van der Waals surface area contributed by atoms with Crippen molar-refractivity contribution in [3.8, 4) is 0 Å². The maximum absolute atomic E-state index is 2.52. The van der Waals surface area contributed by atoms with E-state index < -0.39 is 0 Å². The number of benzene rings is 1. The molecule has 0 heteroatoms. The minimum atomic E-state index is 0.186. The zero-order valence-corrected chi connectivity index (χ0v) is 18.7. The molecule has 0 nitrogen and oxygen atoms in total. The van der Waals surface area contributed by atoms with E-state index in [1.54, 1.807) is 5.56 Å². The topological polar surface area (TPSA) is 0 Å². The zero-order chi connectivity index (χ0) is 19.8. The molecule has 1 fully saturated rings. The van der Waals surface area contributed by atoms with E-state index in [2.05, 4.69) is 98.7 Å². The Morgan fingerprint density at radius 3 is 2.00 bits per heavy atom. The summed E-state index contributed by atoms with van der Waals surface area (Å²) in [6.45, 7) is 20.7. The van der Waals surface area contributed by atoms with E-state index in [-0.39, 0.29) is 10.8 Å². The summed E-state index contributed by atoms with van der Waals surface area (Å²) in [7, 11) is 0. The van der Waals surface area contributed by atoms with E-state index in [0.717, 1.165) is 0 Å². The number of allylic oxidation sites excluding steroid dienone is 4. The van der Waals surface area contributed by atoms with Crippen LogP contribution in [0.15, 0.2) is 42.0 Å². The van der Waals surface area contributed by atoms with Crippen LogP contribution in [0.5, 0.6) is 0 Å². The third-order valence-electron chi connectivity index (χ3n) is 6.12. The van der Waals surface area contributed by atoms with Crippen LogP contribution in [-0.4, -0.2) is 0 Å². The molecule has 1 aliphatic rings. The van der Waals surface area contributed by atoms with Crippen LogP contribution in [0, 0.1) is 5.92 Å². The third kappa shape index (κ3) is 4.51. The highest BCUT2D eigenvalue weighted by atomic mass is 14.6. The van der Waals surface area contributed by atoms with Gasteiger partial charge in [0.2, 0.25) is 0 Å². The van der Waals surface area contributed by atoms with Crippen molar-refractivity contribution in [2.75, 3.05) is 0 Å². The maximum Gasteiger partial charge on any atom is 0.00222 e. The number of rotatable bonds is 5. The molecule has 1 aliphatic carbocycles. The van der Waals surface area contributed by atoms with Gasteiger partial charge in [0.1, 0.15) is 0 Å². The number of hydrogen-bond acceptors (Lipinski definition) is 0. The van der Waals surface area contributed by atoms with E-state index in [9.17, 15) is 0 Å². The highest BCUT2D eigenvalue weighted by molar-refractivity contribution is 5.45. The second-order valence-corrected chi connectivity index (χ2v) is 10.4. The van der Waals surface area contributed by atoms with Gasteiger partial charge in [-0.05, 0) is 60.1 Å². The van der Waals surface area contributed by atoms with Crippen molar-refractivity contribution < 1.29 is 0 Å². The smallest absolute Gasteiger partial charge is 0.00222 e. The SMILES string of the molecule is C/C=C(C)/C=C/C1C[C@]1(CCC)c1cc(C(C)(C)C)cc(C(C)(C)C)c1. The molecule has 1 aromatic rings. The Labute approximate surface area is 162 Å². The molecule has 0 bridgehead atoms. The van der Waals surface area contributed by atoms with Crippen molar-refractivity contribution in [3.63, 3.8) is 0 Å². The van der Waals surface area contributed by atoms with Crippen molar-refractivity contribution in [1.82, 2.24) is 0 Å². The van der Waals surface area contributed by atoms with Crippen molar-refractivity contribution >= 4 is 0 Å². The fraction of sp³-hybridized carbons (Fsp3) is 0.615. The van der Waals surface area contributed by atoms with Crippen LogP contribution in [0.4, 0.5) is 0 Å². The highest BCUT2D eigenvalue weighted by Gasteiger charge is 2.53. The molecule has 26 heavy (non-hydrogen) atoms. The van der Waals surface area contributed by atoms with Crippen LogP contribution in [-0.2, 0) is 16.2 Å². The molecule has 1 unspecified atom stereocenters. The van der Waals surface area contributed by atoms with Crippen molar-refractivity contribution in [2.45, 2.75) is 97.8 Å². The summed E-state index contributed by atoms with van der Waals surface area (Å²) in [5, 5.41) is 0. The van der Waals surface area contributed by atoms with Crippen LogP contribution in [0.2, 0.25) is 0 Å². The van der Waals surface area contributed by atoms with E-state index in [0.29, 0.717) is 11.3 Å². The van der Waals surface area contributed by atoms with Crippen LogP contribution in [0.1, 0.15) is 98.3 Å². The molecule has 0 spiro atoms. The van der Waals surface area contributed by atoms with Gasteiger partial charge in [-0.25, -0.2) is 0 Å². The van der Waals surface area contributed by atoms with Crippen molar-refractivity contribution in [3.05, 3.63) is 58.7 Å². The number of hydrogen-bond donors (Lipinski definition) is 0. The lowest BCUT2D eigenvalue weighted by Gasteiger charge is -2.28. The first-order valence-corrected chi connectivity index (χ1v) is 10.4. The molecule has 0 heterocycles. The normalized spacial score (nSPS) is 24.3. The molecule has 0 saturated heterocycles. The fourth-order valence-corrected chi connectivity index (χ4v) is 3.94. The minimum Gasteiger partial charge on any atom is -0.0847 e. The van der Waals surface area contributed by atoms with E-state index >= 15 is 0 Å². The quantitative estimate of drug-likeness (QED) is 0.473. The molecule has 0 aliphatic heterocycles. The summed E-state index contributed by atoms with van der Waals surface area (Å²) in [4.78, 5) is 0. The lowest BCUT2D eigenvalue weighted by atomic mass is 9.76. The predicted molar refractivity (Wildman–Crippen MR) is 117 cm³/mol. The fourth-order valence-electron chi connectivity index (χ4n) is 3.94. The van der Waals surface area contributed by atoms with Gasteiger partial charge in [0.05, 0.1) is 0 Å². The van der Waals surface area contributed by atoms with Gasteiger partial charge in [-0.3, -0.25) is 0 Å². The Morgan fingerprint density at radius 1 is 1.04 bits per heavy atom. The second kappa shape index (κ2) is 7.37. The van der Waals surface area contributed by atoms with Gasteiger partial charge in [-0.2, -0.15) is 0 Å². The molecule has 2 rings (SSSR count). The molecule has 1 saturated carbocycles. The van der Waals surface area contributed by atoms with Gasteiger partial charge in [-0.1, -0.05) is 96.9 Å². The standard InChI is InChI=1S/C26H40/c1-10-14-26(18-20(26)13-12-19(3)11-2)23-16-21(24(4,5)6)15-22(17-23)25(7,8)9/h11-13,15-17,20H,10,14,18H2,1-9H3/b13-12+,19-11+/t20?,26-/m0/s1. The lowest BCUT2D eigenvalue weighted by molar-refractivity contribution is 0.547. The average molecular weight is 353 g/mol. The van der Waals surface area contributed by atoms with Crippen LogP contribution >= 0.6 is 0 Å². The first-order valence-electron chi connectivity index (χ1n) is 10.4. The minimum absolute atomic E-state index is 0.186. The van der Waals surface area contributed by atoms with E-state index in [1.165, 1.54) is 36.0 Å². The monoisotopic (exact) mass is 352 g/mol. The molecule has 144 valence electrons. The maximum atomic E-state index is 2.52. The van der Waals surface area contributed by atoms with Crippen molar-refractivity contribution in [2.24, 2.45) is 5.92 Å². The highest BCUT2D eigenvalue weighted by Crippen LogP contribution is 2.59. The summed E-state index contributed by atoms with van der Waals surface area (Å²) in [5.74, 6) is 0.681. The molecule has 0 radical (unpaired) electrons. The molecular weight excluding hydrogens is 312 g/mol. The Hall–Kier alpha value is -1.30. The van der Waals surface area contributed by atoms with E-state index in [1.807, 2.05) is 0 Å². The van der Waals surface area contributed by atoms with Crippen LogP contribution < -0.4 is 0 Å². The van der Waals surface area contributed by atoms with Gasteiger partial charge in [0.25, 0.3) is 0 Å². The molecule has 0 N–H and O–H groups in total. The molecule has 1 aromatic carbocycles. The summed E-state index contributed by atoms with van der Waals surface area (Å²) < 4.78 is 0. The zero-order valence-electron chi connectivity index (χ0n) is 18.7. The summed E-state index contributed by atoms with van der Waals surface area (Å²) in [6, 6.07) is 7.48. The average Bonchev–Trinajstić information content (AvgIpc) is 3.25. The molecule has 0 aromatic heterocycles. The Kier molecular flexibility index (Phi) is 5.96. The Morgan fingerprint density at radius 2 is 1.58 bits per heavy atom. The Balaban J connectivity index is 2.51. The molecule has 2 atom stereocenters. The summed E-state index contributed by atoms with van der Waals surface area (Å²) in [6.07, 6.45) is 10.8. The largest absolute Gasteiger partial charge is 0.0847 e. The van der Waals surface area contributed by atoms with Gasteiger partial charge >= 0.3 is 0 Å². The molecule has 0 amide bonds. The second-order valence-electron chi connectivity index (χ2n) is 10.4. The van der Waals surface area contributed by atoms with Gasteiger partial charge < -0.3 is 0 Å². The van der Waals surface area contributed by atoms with Gasteiger partial charge in [0, 0.05) is 5.41 Å². The van der Waals surface area contributed by atoms with Crippen LogP contribution in [0.3, 0.4) is 0 Å². The lowest BCUT2D eigenvalue weighted by Crippen LogP contribution is -2.20. The summed E-state index contributed by atoms with van der Waals surface area (Å²) in [5.41, 5.74) is 6.62. The van der Waals surface area contributed by atoms with Gasteiger partial charge in [-0.15, -0.1) is 0 Å².